The number of nitrogen functional groups attached to an aromatic ring is 1. The van der Waals surface area contributed by atoms with Gasteiger partial charge in [0.05, 0.1) is 0 Å². The van der Waals surface area contributed by atoms with Crippen molar-refractivity contribution in [3.05, 3.63) is 64.7 Å². The SMILES string of the molecule is Nc1nnc(SCc2ccc(C(=O)Nc3ccc(Cl)cc3)cc2)s1. The number of nitrogens with one attached hydrogen (secondary N) is 1. The summed E-state index contributed by atoms with van der Waals surface area (Å²) in [5.41, 5.74) is 7.95. The van der Waals surface area contributed by atoms with Crippen LogP contribution in [0.2, 0.25) is 5.02 Å². The predicted molar refractivity (Wildman–Crippen MR) is 99.7 cm³/mol. The average molecular weight is 377 g/mol. The molecule has 1 heterocycles. The summed E-state index contributed by atoms with van der Waals surface area (Å²) in [7, 11) is 0. The van der Waals surface area contributed by atoms with E-state index in [9.17, 15) is 4.79 Å². The van der Waals surface area contributed by atoms with Crippen LogP contribution >= 0.6 is 34.7 Å². The van der Waals surface area contributed by atoms with Gasteiger partial charge in [-0.25, -0.2) is 0 Å². The summed E-state index contributed by atoms with van der Waals surface area (Å²) in [6.45, 7) is 0. The van der Waals surface area contributed by atoms with Gasteiger partial charge in [0, 0.05) is 22.0 Å². The fourth-order valence-electron chi connectivity index (χ4n) is 1.91. The Labute approximate surface area is 152 Å². The van der Waals surface area contributed by atoms with E-state index in [-0.39, 0.29) is 5.91 Å². The molecule has 3 aromatic rings. The van der Waals surface area contributed by atoms with Crippen LogP contribution in [-0.2, 0) is 5.75 Å². The van der Waals surface area contributed by atoms with Gasteiger partial charge < -0.3 is 11.1 Å². The number of rotatable bonds is 5. The molecule has 0 fully saturated rings. The second-order valence-electron chi connectivity index (χ2n) is 4.85. The largest absolute Gasteiger partial charge is 0.374 e. The monoisotopic (exact) mass is 376 g/mol. The summed E-state index contributed by atoms with van der Waals surface area (Å²) in [6, 6.07) is 14.4. The van der Waals surface area contributed by atoms with Gasteiger partial charge >= 0.3 is 0 Å². The predicted octanol–water partition coefficient (Wildman–Crippen LogP) is 4.32. The van der Waals surface area contributed by atoms with Crippen LogP contribution in [0.15, 0.2) is 52.9 Å². The van der Waals surface area contributed by atoms with E-state index in [0.717, 1.165) is 15.7 Å². The summed E-state index contributed by atoms with van der Waals surface area (Å²) in [4.78, 5) is 12.2. The molecule has 0 atom stereocenters. The number of anilines is 2. The first kappa shape index (κ1) is 16.8. The molecule has 2 aromatic carbocycles. The van der Waals surface area contributed by atoms with Crippen LogP contribution in [0.4, 0.5) is 10.8 Å². The number of carbonyl (C=O) groups excluding carboxylic acids is 1. The number of halogens is 1. The Morgan fingerprint density at radius 2 is 1.83 bits per heavy atom. The number of hydrogen-bond acceptors (Lipinski definition) is 6. The summed E-state index contributed by atoms with van der Waals surface area (Å²) in [5.74, 6) is 0.585. The number of carbonyl (C=O) groups is 1. The maximum atomic E-state index is 12.2. The highest BCUT2D eigenvalue weighted by Gasteiger charge is 2.07. The van der Waals surface area contributed by atoms with Gasteiger partial charge in [-0.15, -0.1) is 10.2 Å². The molecule has 122 valence electrons. The first-order valence-corrected chi connectivity index (χ1v) is 9.16. The molecule has 0 saturated carbocycles. The normalized spacial score (nSPS) is 10.5. The number of amides is 1. The lowest BCUT2D eigenvalue weighted by molar-refractivity contribution is 0.102. The zero-order valence-corrected chi connectivity index (χ0v) is 14.8. The number of aromatic nitrogens is 2. The van der Waals surface area contributed by atoms with Crippen molar-refractivity contribution in [1.82, 2.24) is 10.2 Å². The topological polar surface area (TPSA) is 80.9 Å². The Kier molecular flexibility index (Phi) is 5.34. The van der Waals surface area contributed by atoms with Crippen molar-refractivity contribution in [1.29, 1.82) is 0 Å². The van der Waals surface area contributed by atoms with E-state index >= 15 is 0 Å². The van der Waals surface area contributed by atoms with E-state index in [1.165, 1.54) is 11.3 Å². The lowest BCUT2D eigenvalue weighted by Crippen LogP contribution is -2.11. The Morgan fingerprint density at radius 1 is 1.12 bits per heavy atom. The molecule has 0 bridgehead atoms. The summed E-state index contributed by atoms with van der Waals surface area (Å²) in [5, 5.41) is 11.7. The van der Waals surface area contributed by atoms with Gasteiger partial charge in [-0.1, -0.05) is 46.8 Å². The lowest BCUT2D eigenvalue weighted by atomic mass is 10.1. The molecule has 3 N–H and O–H groups in total. The number of nitrogens with zero attached hydrogens (tertiary/aromatic N) is 2. The molecule has 1 amide bonds. The lowest BCUT2D eigenvalue weighted by Gasteiger charge is -2.06. The first-order chi connectivity index (χ1) is 11.6. The molecule has 0 aliphatic rings. The summed E-state index contributed by atoms with van der Waals surface area (Å²) >= 11 is 8.76. The van der Waals surface area contributed by atoms with Crippen LogP contribution in [0.1, 0.15) is 15.9 Å². The smallest absolute Gasteiger partial charge is 0.255 e. The van der Waals surface area contributed by atoms with E-state index in [2.05, 4.69) is 15.5 Å². The number of thioether (sulfide) groups is 1. The van der Waals surface area contributed by atoms with Gasteiger partial charge in [-0.05, 0) is 42.0 Å². The van der Waals surface area contributed by atoms with Crippen molar-refractivity contribution in [3.63, 3.8) is 0 Å². The Balaban J connectivity index is 1.59. The Hall–Kier alpha value is -2.09. The minimum absolute atomic E-state index is 0.159. The molecule has 0 saturated heterocycles. The Bertz CT molecular complexity index is 834. The maximum Gasteiger partial charge on any atom is 0.255 e. The van der Waals surface area contributed by atoms with Crippen LogP contribution in [0.3, 0.4) is 0 Å². The molecule has 3 rings (SSSR count). The van der Waals surface area contributed by atoms with E-state index in [1.807, 2.05) is 12.1 Å². The molecule has 24 heavy (non-hydrogen) atoms. The summed E-state index contributed by atoms with van der Waals surface area (Å²) in [6.07, 6.45) is 0. The zero-order chi connectivity index (χ0) is 16.9. The highest BCUT2D eigenvalue weighted by molar-refractivity contribution is 8.00. The van der Waals surface area contributed by atoms with Crippen molar-refractivity contribution in [2.24, 2.45) is 0 Å². The average Bonchev–Trinajstić information content (AvgIpc) is 3.01. The molecular formula is C16H13ClN4OS2. The fourth-order valence-corrected chi connectivity index (χ4v) is 3.63. The maximum absolute atomic E-state index is 12.2. The van der Waals surface area contributed by atoms with Gasteiger partial charge in [0.1, 0.15) is 0 Å². The molecular weight excluding hydrogens is 364 g/mol. The van der Waals surface area contributed by atoms with Crippen molar-refractivity contribution in [2.75, 3.05) is 11.1 Å². The van der Waals surface area contributed by atoms with E-state index in [4.69, 9.17) is 17.3 Å². The number of benzene rings is 2. The molecule has 0 radical (unpaired) electrons. The first-order valence-electron chi connectivity index (χ1n) is 6.98. The molecule has 8 heteroatoms. The third-order valence-electron chi connectivity index (χ3n) is 3.10. The van der Waals surface area contributed by atoms with Crippen molar-refractivity contribution in [2.45, 2.75) is 10.1 Å². The van der Waals surface area contributed by atoms with Crippen molar-refractivity contribution < 1.29 is 4.79 Å². The second kappa shape index (κ2) is 7.65. The molecule has 5 nitrogen and oxygen atoms in total. The van der Waals surface area contributed by atoms with Crippen LogP contribution < -0.4 is 11.1 Å². The quantitative estimate of drug-likeness (QED) is 0.648. The van der Waals surface area contributed by atoms with Gasteiger partial charge in [0.25, 0.3) is 5.91 Å². The van der Waals surface area contributed by atoms with Crippen LogP contribution in [0, 0.1) is 0 Å². The highest BCUT2D eigenvalue weighted by Crippen LogP contribution is 2.27. The standard InChI is InChI=1S/C16H13ClN4OS2/c17-12-5-7-13(8-6-12)19-14(22)11-3-1-10(2-4-11)9-23-16-21-20-15(18)24-16/h1-8H,9H2,(H2,18,20)(H,19,22). The highest BCUT2D eigenvalue weighted by atomic mass is 35.5. The molecule has 0 aliphatic carbocycles. The van der Waals surface area contributed by atoms with Gasteiger partial charge in [-0.3, -0.25) is 4.79 Å². The van der Waals surface area contributed by atoms with Gasteiger partial charge in [0.2, 0.25) is 5.13 Å². The third-order valence-corrected chi connectivity index (χ3v) is 5.31. The summed E-state index contributed by atoms with van der Waals surface area (Å²) < 4.78 is 0.831. The van der Waals surface area contributed by atoms with Crippen LogP contribution in [-0.4, -0.2) is 16.1 Å². The molecule has 0 unspecified atom stereocenters. The molecule has 0 spiro atoms. The number of nitrogens with two attached hydrogens (primary N) is 1. The number of hydrogen-bond donors (Lipinski definition) is 2. The second-order valence-corrected chi connectivity index (χ2v) is 7.52. The molecule has 0 aliphatic heterocycles. The van der Waals surface area contributed by atoms with Crippen LogP contribution in [0.25, 0.3) is 0 Å². The minimum Gasteiger partial charge on any atom is -0.374 e. The fraction of sp³-hybridized carbons (Fsp3) is 0.0625. The van der Waals surface area contributed by atoms with Gasteiger partial charge in [-0.2, -0.15) is 0 Å². The zero-order valence-electron chi connectivity index (χ0n) is 12.4. The van der Waals surface area contributed by atoms with E-state index < -0.39 is 0 Å². The van der Waals surface area contributed by atoms with E-state index in [0.29, 0.717) is 21.4 Å². The van der Waals surface area contributed by atoms with E-state index in [1.54, 1.807) is 48.2 Å². The van der Waals surface area contributed by atoms with Crippen molar-refractivity contribution >= 4 is 51.4 Å². The third kappa shape index (κ3) is 4.47. The minimum atomic E-state index is -0.159. The van der Waals surface area contributed by atoms with Crippen molar-refractivity contribution in [3.8, 4) is 0 Å². The Morgan fingerprint density at radius 3 is 2.46 bits per heavy atom. The molecule has 1 aromatic heterocycles. The van der Waals surface area contributed by atoms with Crippen LogP contribution in [0.5, 0.6) is 0 Å². The van der Waals surface area contributed by atoms with Gasteiger partial charge in [0.15, 0.2) is 4.34 Å².